The van der Waals surface area contributed by atoms with Crippen LogP contribution in [-0.4, -0.2) is 63.4 Å². The summed E-state index contributed by atoms with van der Waals surface area (Å²) in [6, 6.07) is 0.494. The first-order valence-electron chi connectivity index (χ1n) is 7.09. The molecule has 5 nitrogen and oxygen atoms in total. The number of hydrogen-bond acceptors (Lipinski definition) is 4. The minimum atomic E-state index is 0.0433. The molecule has 1 N–H and O–H groups in total. The van der Waals surface area contributed by atoms with E-state index in [4.69, 9.17) is 9.47 Å². The molecule has 0 aromatic rings. The van der Waals surface area contributed by atoms with Gasteiger partial charge in [-0.3, -0.25) is 4.79 Å². The smallest absolute Gasteiger partial charge is 0.224 e. The van der Waals surface area contributed by atoms with Crippen LogP contribution in [0.15, 0.2) is 0 Å². The third-order valence-corrected chi connectivity index (χ3v) is 2.61. The summed E-state index contributed by atoms with van der Waals surface area (Å²) in [5.41, 5.74) is 0. The minimum absolute atomic E-state index is 0.0433. The molecule has 0 rings (SSSR count). The molecule has 0 bridgehead atoms. The van der Waals surface area contributed by atoms with Crippen LogP contribution in [0.3, 0.4) is 0 Å². The number of hydrogen-bond donors (Lipinski definition) is 1. The average molecular weight is 274 g/mol. The van der Waals surface area contributed by atoms with Crippen molar-refractivity contribution in [2.75, 3.05) is 46.6 Å². The lowest BCUT2D eigenvalue weighted by Gasteiger charge is -2.19. The first-order chi connectivity index (χ1) is 8.95. The number of amides is 1. The molecule has 0 aromatic heterocycles. The molecule has 0 atom stereocenters. The van der Waals surface area contributed by atoms with Crippen LogP contribution >= 0.6 is 0 Å². The number of likely N-dealkylation sites (N-methyl/N-ethyl adjacent to an activating group) is 1. The molecule has 1 amide bonds. The van der Waals surface area contributed by atoms with Crippen LogP contribution in [0.25, 0.3) is 0 Å². The number of rotatable bonds is 11. The Hall–Kier alpha value is -0.650. The van der Waals surface area contributed by atoms with Crippen molar-refractivity contribution in [3.8, 4) is 0 Å². The third kappa shape index (κ3) is 10.9. The molecule has 0 aliphatic carbocycles. The molecule has 0 fully saturated rings. The van der Waals surface area contributed by atoms with Gasteiger partial charge in [-0.2, -0.15) is 0 Å². The lowest BCUT2D eigenvalue weighted by Crippen LogP contribution is -2.33. The van der Waals surface area contributed by atoms with Gasteiger partial charge in [0, 0.05) is 32.1 Å². The Kier molecular flexibility index (Phi) is 10.8. The first kappa shape index (κ1) is 18.4. The maximum absolute atomic E-state index is 11.6. The highest BCUT2D eigenvalue weighted by Gasteiger charge is 2.11. The van der Waals surface area contributed by atoms with E-state index >= 15 is 0 Å². The van der Waals surface area contributed by atoms with E-state index in [2.05, 4.69) is 19.2 Å². The normalized spacial score (nSPS) is 11.3. The summed E-state index contributed by atoms with van der Waals surface area (Å²) < 4.78 is 10.8. The summed E-state index contributed by atoms with van der Waals surface area (Å²) in [5, 5.41) is 3.28. The molecular formula is C14H30N2O3. The zero-order valence-electron chi connectivity index (χ0n) is 13.1. The van der Waals surface area contributed by atoms with E-state index in [9.17, 15) is 4.79 Å². The van der Waals surface area contributed by atoms with Crippen molar-refractivity contribution in [2.24, 2.45) is 5.92 Å². The van der Waals surface area contributed by atoms with Gasteiger partial charge in [-0.05, 0) is 0 Å². The van der Waals surface area contributed by atoms with E-state index in [1.54, 1.807) is 11.9 Å². The number of carbonyl (C=O) groups excluding carboxylic acids is 1. The van der Waals surface area contributed by atoms with Gasteiger partial charge in [0.2, 0.25) is 5.91 Å². The molecule has 0 spiro atoms. The molecule has 0 aromatic carbocycles. The lowest BCUT2D eigenvalue weighted by atomic mass is 10.2. The predicted octanol–water partition coefficient (Wildman–Crippen LogP) is 1.13. The Bertz CT molecular complexity index is 233. The molecule has 5 heteroatoms. The fourth-order valence-corrected chi connectivity index (χ4v) is 1.49. The summed E-state index contributed by atoms with van der Waals surface area (Å²) in [6.45, 7) is 12.0. The van der Waals surface area contributed by atoms with E-state index < -0.39 is 0 Å². The van der Waals surface area contributed by atoms with Crippen molar-refractivity contribution in [3.05, 3.63) is 0 Å². The van der Waals surface area contributed by atoms with Crippen LogP contribution in [0, 0.1) is 5.92 Å². The number of nitrogens with one attached hydrogen (secondary N) is 1. The molecule has 0 aliphatic rings. The SMILES string of the molecule is CC(C)NCCOCCOCCN(C)C(=O)C(C)C. The summed E-state index contributed by atoms with van der Waals surface area (Å²) in [7, 11) is 1.81. The van der Waals surface area contributed by atoms with Gasteiger partial charge in [0.05, 0.1) is 26.4 Å². The van der Waals surface area contributed by atoms with E-state index in [0.717, 1.165) is 6.54 Å². The van der Waals surface area contributed by atoms with Crippen LogP contribution in [-0.2, 0) is 14.3 Å². The topological polar surface area (TPSA) is 50.8 Å². The average Bonchev–Trinajstić information content (AvgIpc) is 2.35. The van der Waals surface area contributed by atoms with E-state index in [-0.39, 0.29) is 11.8 Å². The van der Waals surface area contributed by atoms with Crippen LogP contribution in [0.2, 0.25) is 0 Å². The van der Waals surface area contributed by atoms with Gasteiger partial charge in [0.15, 0.2) is 0 Å². The highest BCUT2D eigenvalue weighted by atomic mass is 16.5. The van der Waals surface area contributed by atoms with Gasteiger partial charge in [-0.15, -0.1) is 0 Å². The Balaban J connectivity index is 3.29. The van der Waals surface area contributed by atoms with Crippen molar-refractivity contribution in [1.82, 2.24) is 10.2 Å². The first-order valence-corrected chi connectivity index (χ1v) is 7.09. The maximum Gasteiger partial charge on any atom is 0.224 e. The molecule has 0 saturated heterocycles. The van der Waals surface area contributed by atoms with E-state index in [1.807, 2.05) is 13.8 Å². The van der Waals surface area contributed by atoms with Crippen molar-refractivity contribution in [2.45, 2.75) is 33.7 Å². The molecule has 114 valence electrons. The zero-order valence-corrected chi connectivity index (χ0v) is 13.1. The van der Waals surface area contributed by atoms with Crippen molar-refractivity contribution >= 4 is 5.91 Å². The highest BCUT2D eigenvalue weighted by Crippen LogP contribution is 1.98. The fraction of sp³-hybridized carbons (Fsp3) is 0.929. The summed E-state index contributed by atoms with van der Waals surface area (Å²) in [5.74, 6) is 0.196. The van der Waals surface area contributed by atoms with Gasteiger partial charge in [0.25, 0.3) is 0 Å². The molecule has 0 aliphatic heterocycles. The maximum atomic E-state index is 11.6. The standard InChI is InChI=1S/C14H30N2O3/c1-12(2)14(17)16(5)7-9-19-11-10-18-8-6-15-13(3)4/h12-13,15H,6-11H2,1-5H3. The van der Waals surface area contributed by atoms with Crippen molar-refractivity contribution in [1.29, 1.82) is 0 Å². The van der Waals surface area contributed by atoms with Gasteiger partial charge < -0.3 is 19.7 Å². The van der Waals surface area contributed by atoms with Crippen LogP contribution in [0.4, 0.5) is 0 Å². The zero-order chi connectivity index (χ0) is 14.7. The number of nitrogens with zero attached hydrogens (tertiary/aromatic N) is 1. The highest BCUT2D eigenvalue weighted by molar-refractivity contribution is 5.77. The summed E-state index contributed by atoms with van der Waals surface area (Å²) >= 11 is 0. The quantitative estimate of drug-likeness (QED) is 0.574. The van der Waals surface area contributed by atoms with Gasteiger partial charge >= 0.3 is 0 Å². The Labute approximate surface area is 117 Å². The number of carbonyl (C=O) groups is 1. The third-order valence-electron chi connectivity index (χ3n) is 2.61. The molecule has 0 heterocycles. The molecular weight excluding hydrogens is 244 g/mol. The van der Waals surface area contributed by atoms with Crippen LogP contribution in [0.1, 0.15) is 27.7 Å². The molecule has 0 saturated carbocycles. The second-order valence-electron chi connectivity index (χ2n) is 5.25. The summed E-state index contributed by atoms with van der Waals surface area (Å²) in [6.07, 6.45) is 0. The van der Waals surface area contributed by atoms with Crippen LogP contribution in [0.5, 0.6) is 0 Å². The van der Waals surface area contributed by atoms with Crippen molar-refractivity contribution in [3.63, 3.8) is 0 Å². The largest absolute Gasteiger partial charge is 0.378 e. The Morgan fingerprint density at radius 1 is 1.05 bits per heavy atom. The van der Waals surface area contributed by atoms with Gasteiger partial charge in [-0.25, -0.2) is 0 Å². The molecule has 0 radical (unpaired) electrons. The fourth-order valence-electron chi connectivity index (χ4n) is 1.49. The molecule has 19 heavy (non-hydrogen) atoms. The monoisotopic (exact) mass is 274 g/mol. The van der Waals surface area contributed by atoms with Crippen LogP contribution < -0.4 is 5.32 Å². The van der Waals surface area contributed by atoms with E-state index in [0.29, 0.717) is 39.0 Å². The second-order valence-corrected chi connectivity index (χ2v) is 5.25. The van der Waals surface area contributed by atoms with Crippen molar-refractivity contribution < 1.29 is 14.3 Å². The van der Waals surface area contributed by atoms with Gasteiger partial charge in [0.1, 0.15) is 0 Å². The molecule has 0 unspecified atom stereocenters. The number of ether oxygens (including phenoxy) is 2. The Morgan fingerprint density at radius 2 is 1.63 bits per heavy atom. The van der Waals surface area contributed by atoms with E-state index in [1.165, 1.54) is 0 Å². The summed E-state index contributed by atoms with van der Waals surface area (Å²) in [4.78, 5) is 13.3. The van der Waals surface area contributed by atoms with Gasteiger partial charge in [-0.1, -0.05) is 27.7 Å². The predicted molar refractivity (Wildman–Crippen MR) is 77.3 cm³/mol. The lowest BCUT2D eigenvalue weighted by molar-refractivity contribution is -0.133. The Morgan fingerprint density at radius 3 is 2.16 bits per heavy atom. The minimum Gasteiger partial charge on any atom is -0.378 e. The second kappa shape index (κ2) is 11.2.